The molecule has 0 atom stereocenters. The Morgan fingerprint density at radius 1 is 1.35 bits per heavy atom. The molecule has 1 aromatic heterocycles. The van der Waals surface area contributed by atoms with Gasteiger partial charge in [0.2, 0.25) is 0 Å². The molecule has 1 aliphatic heterocycles. The van der Waals surface area contributed by atoms with Crippen LogP contribution >= 0.6 is 0 Å². The lowest BCUT2D eigenvalue weighted by molar-refractivity contribution is -0.204. The second-order valence-electron chi connectivity index (χ2n) is 6.62. The Kier molecular flexibility index (Phi) is 5.41. The van der Waals surface area contributed by atoms with Crippen molar-refractivity contribution in [2.75, 3.05) is 19.7 Å². The van der Waals surface area contributed by atoms with Gasteiger partial charge in [-0.3, -0.25) is 0 Å². The largest absolute Gasteiger partial charge is 0.461 e. The third-order valence-corrected chi connectivity index (χ3v) is 3.63. The topological polar surface area (TPSA) is 81.9 Å². The van der Waals surface area contributed by atoms with Gasteiger partial charge in [-0.1, -0.05) is 0 Å². The highest BCUT2D eigenvalue weighted by molar-refractivity contribution is 5.86. The number of carbonyl (C=O) groups excluding carboxylic acids is 2. The summed E-state index contributed by atoms with van der Waals surface area (Å²) in [7, 11) is 0. The van der Waals surface area contributed by atoms with Gasteiger partial charge in [-0.15, -0.1) is 5.06 Å². The Morgan fingerprint density at radius 3 is 2.57 bits per heavy atom. The molecule has 0 aromatic carbocycles. The third kappa shape index (κ3) is 4.54. The van der Waals surface area contributed by atoms with Crippen molar-refractivity contribution in [3.8, 4) is 0 Å². The van der Waals surface area contributed by atoms with Crippen LogP contribution in [0.5, 0.6) is 0 Å². The van der Waals surface area contributed by atoms with Crippen LogP contribution in [0, 0.1) is 5.41 Å². The third-order valence-electron chi connectivity index (χ3n) is 3.63. The summed E-state index contributed by atoms with van der Waals surface area (Å²) in [6, 6.07) is 0. The molecule has 0 amide bonds. The smallest absolute Gasteiger partial charge is 0.360 e. The second kappa shape index (κ2) is 7.12. The van der Waals surface area contributed by atoms with Crippen molar-refractivity contribution in [3.63, 3.8) is 0 Å². The van der Waals surface area contributed by atoms with Crippen LogP contribution in [0.4, 0.5) is 0 Å². The first-order valence-corrected chi connectivity index (χ1v) is 7.91. The molecule has 1 aliphatic rings. The van der Waals surface area contributed by atoms with Crippen molar-refractivity contribution < 1.29 is 23.6 Å². The lowest BCUT2D eigenvalue weighted by Gasteiger charge is -2.30. The van der Waals surface area contributed by atoms with Gasteiger partial charge in [0.25, 0.3) is 0 Å². The number of rotatable bonds is 4. The number of piperidine rings is 1. The van der Waals surface area contributed by atoms with Gasteiger partial charge in [-0.25, -0.2) is 14.6 Å². The lowest BCUT2D eigenvalue weighted by Crippen LogP contribution is -2.38. The number of hydrogen-bond acceptors (Lipinski definition) is 7. The van der Waals surface area contributed by atoms with Gasteiger partial charge in [0.15, 0.2) is 11.6 Å². The molecule has 1 fully saturated rings. The molecule has 0 aliphatic carbocycles. The van der Waals surface area contributed by atoms with E-state index in [0.717, 1.165) is 12.8 Å². The maximum atomic E-state index is 11.9. The molecule has 7 nitrogen and oxygen atoms in total. The van der Waals surface area contributed by atoms with E-state index in [-0.39, 0.29) is 17.6 Å². The predicted octanol–water partition coefficient (Wildman–Crippen LogP) is 2.54. The van der Waals surface area contributed by atoms with Crippen LogP contribution in [-0.4, -0.2) is 41.7 Å². The Bertz CT molecular complexity index is 553. The Hall–Kier alpha value is -1.89. The molecule has 0 unspecified atom stereocenters. The van der Waals surface area contributed by atoms with Crippen LogP contribution in [0.1, 0.15) is 62.8 Å². The van der Waals surface area contributed by atoms with Crippen molar-refractivity contribution in [1.29, 1.82) is 0 Å². The molecule has 1 saturated heterocycles. The summed E-state index contributed by atoms with van der Waals surface area (Å²) in [4.78, 5) is 33.1. The molecule has 0 saturated carbocycles. The summed E-state index contributed by atoms with van der Waals surface area (Å²) in [6.45, 7) is 8.75. The van der Waals surface area contributed by atoms with Gasteiger partial charge in [0.05, 0.1) is 12.0 Å². The molecule has 2 rings (SSSR count). The molecule has 1 aromatic rings. The minimum atomic E-state index is -0.520. The molecule has 0 bridgehead atoms. The maximum Gasteiger partial charge on any atom is 0.360 e. The van der Waals surface area contributed by atoms with Crippen LogP contribution in [0.2, 0.25) is 0 Å². The molecular weight excluding hydrogens is 300 g/mol. The van der Waals surface area contributed by atoms with Crippen LogP contribution in [0.15, 0.2) is 10.7 Å². The fourth-order valence-electron chi connectivity index (χ4n) is 2.22. The van der Waals surface area contributed by atoms with E-state index in [1.165, 1.54) is 6.26 Å². The van der Waals surface area contributed by atoms with Gasteiger partial charge in [0, 0.05) is 19.0 Å². The quantitative estimate of drug-likeness (QED) is 0.787. The standard InChI is InChI=1S/C16H24N2O5/c1-5-21-14(19)12-10-22-13(17-12)11-6-8-18(9-7-11)23-15(20)16(2,3)4/h10-11H,5-9H2,1-4H3. The van der Waals surface area contributed by atoms with Gasteiger partial charge >= 0.3 is 11.9 Å². The fourth-order valence-corrected chi connectivity index (χ4v) is 2.22. The minimum absolute atomic E-state index is 0.114. The maximum absolute atomic E-state index is 11.9. The van der Waals surface area contributed by atoms with Gasteiger partial charge < -0.3 is 14.0 Å². The van der Waals surface area contributed by atoms with E-state index in [4.69, 9.17) is 14.0 Å². The zero-order chi connectivity index (χ0) is 17.0. The van der Waals surface area contributed by atoms with E-state index in [1.807, 2.05) is 20.8 Å². The lowest BCUT2D eigenvalue weighted by atomic mass is 9.97. The summed E-state index contributed by atoms with van der Waals surface area (Å²) < 4.78 is 10.3. The van der Waals surface area contributed by atoms with E-state index in [2.05, 4.69) is 4.98 Å². The van der Waals surface area contributed by atoms with Crippen molar-refractivity contribution in [2.45, 2.75) is 46.5 Å². The molecule has 2 heterocycles. The number of esters is 1. The summed E-state index contributed by atoms with van der Waals surface area (Å²) in [6.07, 6.45) is 2.83. The molecular formula is C16H24N2O5. The average Bonchev–Trinajstić information content (AvgIpc) is 2.97. The highest BCUT2D eigenvalue weighted by atomic mass is 16.7. The first kappa shape index (κ1) is 17.5. The van der Waals surface area contributed by atoms with Crippen LogP contribution < -0.4 is 0 Å². The Balaban J connectivity index is 1.87. The predicted molar refractivity (Wildman–Crippen MR) is 81.6 cm³/mol. The highest BCUT2D eigenvalue weighted by Gasteiger charge is 2.30. The van der Waals surface area contributed by atoms with E-state index in [1.54, 1.807) is 12.0 Å². The number of oxazole rings is 1. The van der Waals surface area contributed by atoms with Crippen molar-refractivity contribution >= 4 is 11.9 Å². The van der Waals surface area contributed by atoms with Crippen LogP contribution in [0.25, 0.3) is 0 Å². The van der Waals surface area contributed by atoms with Gasteiger partial charge in [0.1, 0.15) is 6.26 Å². The average molecular weight is 324 g/mol. The van der Waals surface area contributed by atoms with Crippen LogP contribution in [0.3, 0.4) is 0 Å². The number of carbonyl (C=O) groups is 2. The molecule has 0 radical (unpaired) electrons. The van der Waals surface area contributed by atoms with Crippen LogP contribution in [-0.2, 0) is 14.4 Å². The molecule has 23 heavy (non-hydrogen) atoms. The fraction of sp³-hybridized carbons (Fsp3) is 0.688. The van der Waals surface area contributed by atoms with E-state index >= 15 is 0 Å². The minimum Gasteiger partial charge on any atom is -0.461 e. The van der Waals surface area contributed by atoms with Gasteiger partial charge in [-0.05, 0) is 40.5 Å². The number of aromatic nitrogens is 1. The Labute approximate surface area is 135 Å². The van der Waals surface area contributed by atoms with Crippen molar-refractivity contribution in [2.24, 2.45) is 5.41 Å². The van der Waals surface area contributed by atoms with Gasteiger partial charge in [-0.2, -0.15) is 0 Å². The number of ether oxygens (including phenoxy) is 1. The first-order valence-electron chi connectivity index (χ1n) is 7.91. The number of nitrogens with zero attached hydrogens (tertiary/aromatic N) is 2. The van der Waals surface area contributed by atoms with Crippen molar-refractivity contribution in [3.05, 3.63) is 17.8 Å². The molecule has 128 valence electrons. The monoisotopic (exact) mass is 324 g/mol. The summed E-state index contributed by atoms with van der Waals surface area (Å²) in [5, 5.41) is 1.68. The Morgan fingerprint density at radius 2 is 2.00 bits per heavy atom. The SMILES string of the molecule is CCOC(=O)c1coc(C2CCN(OC(=O)C(C)(C)C)CC2)n1. The highest BCUT2D eigenvalue weighted by Crippen LogP contribution is 2.28. The van der Waals surface area contributed by atoms with E-state index in [9.17, 15) is 9.59 Å². The second-order valence-corrected chi connectivity index (χ2v) is 6.62. The zero-order valence-corrected chi connectivity index (χ0v) is 14.1. The normalized spacial score (nSPS) is 17.0. The zero-order valence-electron chi connectivity index (χ0n) is 14.1. The molecule has 7 heteroatoms. The summed E-state index contributed by atoms with van der Waals surface area (Å²) in [5.74, 6) is -0.0617. The first-order chi connectivity index (χ1) is 10.8. The number of hydrogen-bond donors (Lipinski definition) is 0. The molecule has 0 spiro atoms. The van der Waals surface area contributed by atoms with E-state index in [0.29, 0.717) is 25.6 Å². The van der Waals surface area contributed by atoms with Crippen molar-refractivity contribution in [1.82, 2.24) is 10.0 Å². The summed E-state index contributed by atoms with van der Waals surface area (Å²) >= 11 is 0. The number of hydroxylamine groups is 2. The molecule has 0 N–H and O–H groups in total. The summed E-state index contributed by atoms with van der Waals surface area (Å²) in [5.41, 5.74) is -0.322. The van der Waals surface area contributed by atoms with E-state index < -0.39 is 11.4 Å².